The number of carboxylic acids is 1. The number of amides is 1. The standard InChI is InChI=1S/C13H13NO5/c15-12(16)3-8-5-14(6-8)13(17)9-1-2-10-11(4-9)19-7-18-10/h1-2,4,8H,3,5-7H2,(H,15,16). The molecule has 19 heavy (non-hydrogen) atoms. The van der Waals surface area contributed by atoms with Gasteiger partial charge in [-0.1, -0.05) is 0 Å². The van der Waals surface area contributed by atoms with Crippen LogP contribution in [0.1, 0.15) is 16.8 Å². The summed E-state index contributed by atoms with van der Waals surface area (Å²) in [5.41, 5.74) is 0.540. The Balaban J connectivity index is 1.64. The molecule has 0 unspecified atom stereocenters. The summed E-state index contributed by atoms with van der Waals surface area (Å²) in [5, 5.41) is 8.66. The molecule has 1 aromatic carbocycles. The molecule has 0 bridgehead atoms. The summed E-state index contributed by atoms with van der Waals surface area (Å²) in [5.74, 6) is 0.368. The molecule has 100 valence electrons. The zero-order valence-corrected chi connectivity index (χ0v) is 10.2. The molecule has 1 fully saturated rings. The highest BCUT2D eigenvalue weighted by atomic mass is 16.7. The first-order valence-corrected chi connectivity index (χ1v) is 6.04. The molecule has 0 radical (unpaired) electrons. The van der Waals surface area contributed by atoms with Gasteiger partial charge in [0.2, 0.25) is 6.79 Å². The van der Waals surface area contributed by atoms with Gasteiger partial charge >= 0.3 is 5.97 Å². The van der Waals surface area contributed by atoms with Gasteiger partial charge in [0.1, 0.15) is 0 Å². The Bertz CT molecular complexity index is 536. The van der Waals surface area contributed by atoms with Crippen LogP contribution in [0.15, 0.2) is 18.2 Å². The lowest BCUT2D eigenvalue weighted by Gasteiger charge is -2.38. The van der Waals surface area contributed by atoms with Gasteiger partial charge in [0.05, 0.1) is 6.42 Å². The van der Waals surface area contributed by atoms with Crippen molar-refractivity contribution in [1.82, 2.24) is 4.90 Å². The van der Waals surface area contributed by atoms with E-state index in [0.29, 0.717) is 30.2 Å². The van der Waals surface area contributed by atoms with E-state index in [1.165, 1.54) is 0 Å². The fraction of sp³-hybridized carbons (Fsp3) is 0.385. The number of hydrogen-bond donors (Lipinski definition) is 1. The highest BCUT2D eigenvalue weighted by Gasteiger charge is 2.33. The van der Waals surface area contributed by atoms with E-state index in [0.717, 1.165) is 0 Å². The molecule has 1 aromatic rings. The lowest BCUT2D eigenvalue weighted by molar-refractivity contribution is -0.139. The molecule has 2 aliphatic rings. The van der Waals surface area contributed by atoms with Crippen molar-refractivity contribution < 1.29 is 24.2 Å². The molecule has 0 atom stereocenters. The Morgan fingerprint density at radius 2 is 2.00 bits per heavy atom. The summed E-state index contributed by atoms with van der Waals surface area (Å²) < 4.78 is 10.4. The van der Waals surface area contributed by atoms with Crippen LogP contribution in [0.5, 0.6) is 11.5 Å². The smallest absolute Gasteiger partial charge is 0.303 e. The van der Waals surface area contributed by atoms with Crippen molar-refractivity contribution in [2.24, 2.45) is 5.92 Å². The van der Waals surface area contributed by atoms with E-state index in [2.05, 4.69) is 0 Å². The molecular weight excluding hydrogens is 250 g/mol. The molecule has 0 aromatic heterocycles. The van der Waals surface area contributed by atoms with E-state index in [4.69, 9.17) is 14.6 Å². The summed E-state index contributed by atoms with van der Waals surface area (Å²) in [6, 6.07) is 5.07. The first kappa shape index (κ1) is 11.8. The number of fused-ring (bicyclic) bond motifs is 1. The number of carbonyl (C=O) groups excluding carboxylic acids is 1. The fourth-order valence-electron chi connectivity index (χ4n) is 2.32. The largest absolute Gasteiger partial charge is 0.481 e. The van der Waals surface area contributed by atoms with Gasteiger partial charge < -0.3 is 19.5 Å². The van der Waals surface area contributed by atoms with Gasteiger partial charge in [-0.15, -0.1) is 0 Å². The highest BCUT2D eigenvalue weighted by molar-refractivity contribution is 5.95. The van der Waals surface area contributed by atoms with Crippen LogP contribution in [0.2, 0.25) is 0 Å². The Morgan fingerprint density at radius 1 is 1.26 bits per heavy atom. The van der Waals surface area contributed by atoms with Crippen LogP contribution in [-0.4, -0.2) is 41.8 Å². The quantitative estimate of drug-likeness (QED) is 0.879. The monoisotopic (exact) mass is 263 g/mol. The van der Waals surface area contributed by atoms with E-state index in [-0.39, 0.29) is 25.0 Å². The average Bonchev–Trinajstić information content (AvgIpc) is 2.79. The van der Waals surface area contributed by atoms with E-state index in [1.807, 2.05) is 0 Å². The number of carboxylic acid groups (broad SMARTS) is 1. The fourth-order valence-corrected chi connectivity index (χ4v) is 2.32. The van der Waals surface area contributed by atoms with Crippen LogP contribution < -0.4 is 9.47 Å². The van der Waals surface area contributed by atoms with Crippen LogP contribution in [0.3, 0.4) is 0 Å². The number of benzene rings is 1. The molecule has 0 saturated carbocycles. The Hall–Kier alpha value is -2.24. The van der Waals surface area contributed by atoms with Gasteiger partial charge in [0.15, 0.2) is 11.5 Å². The zero-order chi connectivity index (χ0) is 13.4. The summed E-state index contributed by atoms with van der Waals surface area (Å²) >= 11 is 0. The predicted octanol–water partition coefficient (Wildman–Crippen LogP) is 0.962. The molecule has 1 N–H and O–H groups in total. The molecule has 6 heteroatoms. The minimum Gasteiger partial charge on any atom is -0.481 e. The summed E-state index contributed by atoms with van der Waals surface area (Å²) in [4.78, 5) is 24.3. The van der Waals surface area contributed by atoms with Crippen molar-refractivity contribution in [2.45, 2.75) is 6.42 Å². The average molecular weight is 263 g/mol. The van der Waals surface area contributed by atoms with E-state index < -0.39 is 5.97 Å². The number of aliphatic carboxylic acids is 1. The molecule has 1 amide bonds. The number of likely N-dealkylation sites (tertiary alicyclic amines) is 1. The maximum Gasteiger partial charge on any atom is 0.303 e. The molecule has 0 aliphatic carbocycles. The Labute approximate surface area is 109 Å². The zero-order valence-electron chi connectivity index (χ0n) is 10.2. The third-order valence-corrected chi connectivity index (χ3v) is 3.33. The number of ether oxygens (including phenoxy) is 2. The summed E-state index contributed by atoms with van der Waals surface area (Å²) in [6.45, 7) is 1.18. The van der Waals surface area contributed by atoms with E-state index in [1.54, 1.807) is 23.1 Å². The lowest BCUT2D eigenvalue weighted by Crippen LogP contribution is -2.50. The number of rotatable bonds is 3. The normalized spacial score (nSPS) is 17.2. The summed E-state index contributed by atoms with van der Waals surface area (Å²) in [7, 11) is 0. The molecular formula is C13H13NO5. The SMILES string of the molecule is O=C(O)CC1CN(C(=O)c2ccc3c(c2)OCO3)C1. The van der Waals surface area contributed by atoms with Crippen LogP contribution in [-0.2, 0) is 4.79 Å². The van der Waals surface area contributed by atoms with E-state index >= 15 is 0 Å². The van der Waals surface area contributed by atoms with Gasteiger partial charge in [0.25, 0.3) is 5.91 Å². The Morgan fingerprint density at radius 3 is 2.74 bits per heavy atom. The third kappa shape index (κ3) is 2.21. The minimum atomic E-state index is -0.819. The molecule has 3 rings (SSSR count). The van der Waals surface area contributed by atoms with Gasteiger partial charge in [-0.3, -0.25) is 9.59 Å². The molecule has 0 spiro atoms. The summed E-state index contributed by atoms with van der Waals surface area (Å²) in [6.07, 6.45) is 0.116. The molecule has 2 aliphatic heterocycles. The van der Waals surface area contributed by atoms with Crippen molar-refractivity contribution in [2.75, 3.05) is 19.9 Å². The van der Waals surface area contributed by atoms with Crippen molar-refractivity contribution in [3.8, 4) is 11.5 Å². The lowest BCUT2D eigenvalue weighted by atomic mass is 9.95. The minimum absolute atomic E-state index is 0.0652. The number of nitrogens with zero attached hydrogens (tertiary/aromatic N) is 1. The second kappa shape index (κ2) is 4.46. The van der Waals surface area contributed by atoms with Gasteiger partial charge in [-0.25, -0.2) is 0 Å². The molecule has 1 saturated heterocycles. The first-order chi connectivity index (χ1) is 9.13. The first-order valence-electron chi connectivity index (χ1n) is 6.04. The van der Waals surface area contributed by atoms with Crippen molar-refractivity contribution in [3.05, 3.63) is 23.8 Å². The topological polar surface area (TPSA) is 76.1 Å². The maximum atomic E-state index is 12.1. The predicted molar refractivity (Wildman–Crippen MR) is 64.2 cm³/mol. The van der Waals surface area contributed by atoms with Crippen molar-refractivity contribution >= 4 is 11.9 Å². The second-order valence-electron chi connectivity index (χ2n) is 4.74. The van der Waals surface area contributed by atoms with Gasteiger partial charge in [-0.05, 0) is 18.2 Å². The van der Waals surface area contributed by atoms with Crippen LogP contribution in [0.4, 0.5) is 0 Å². The highest BCUT2D eigenvalue weighted by Crippen LogP contribution is 2.33. The second-order valence-corrected chi connectivity index (χ2v) is 4.74. The van der Waals surface area contributed by atoms with Gasteiger partial charge in [-0.2, -0.15) is 0 Å². The van der Waals surface area contributed by atoms with Crippen molar-refractivity contribution in [1.29, 1.82) is 0 Å². The van der Waals surface area contributed by atoms with E-state index in [9.17, 15) is 9.59 Å². The molecule has 2 heterocycles. The molecule has 6 nitrogen and oxygen atoms in total. The van der Waals surface area contributed by atoms with Crippen LogP contribution in [0.25, 0.3) is 0 Å². The van der Waals surface area contributed by atoms with Gasteiger partial charge in [0, 0.05) is 24.6 Å². The number of carbonyl (C=O) groups is 2. The van der Waals surface area contributed by atoms with Crippen molar-refractivity contribution in [3.63, 3.8) is 0 Å². The Kier molecular flexibility index (Phi) is 2.77. The van der Waals surface area contributed by atoms with Crippen LogP contribution >= 0.6 is 0 Å². The number of hydrogen-bond acceptors (Lipinski definition) is 4. The maximum absolute atomic E-state index is 12.1. The third-order valence-electron chi connectivity index (χ3n) is 3.33. The van der Waals surface area contributed by atoms with Crippen LogP contribution in [0, 0.1) is 5.92 Å².